The van der Waals surface area contributed by atoms with Gasteiger partial charge in [-0.3, -0.25) is 9.78 Å². The van der Waals surface area contributed by atoms with Crippen LogP contribution in [0.4, 0.5) is 0 Å². The van der Waals surface area contributed by atoms with Crippen LogP contribution in [-0.2, 0) is 6.54 Å². The summed E-state index contributed by atoms with van der Waals surface area (Å²) in [6, 6.07) is 11.0. The van der Waals surface area contributed by atoms with Crippen LogP contribution in [-0.4, -0.2) is 36.0 Å². The molecule has 0 fully saturated rings. The van der Waals surface area contributed by atoms with E-state index < -0.39 is 0 Å². The van der Waals surface area contributed by atoms with E-state index in [0.29, 0.717) is 31.0 Å². The van der Waals surface area contributed by atoms with Gasteiger partial charge in [0.25, 0.3) is 5.91 Å². The zero-order valence-corrected chi connectivity index (χ0v) is 13.9. The number of likely N-dealkylation sites (N-methyl/N-ethyl adjacent to an activating group) is 1. The lowest BCUT2D eigenvalue weighted by molar-refractivity contribution is 0.0773. The molecule has 116 valence electrons. The van der Waals surface area contributed by atoms with E-state index in [9.17, 15) is 4.79 Å². The highest BCUT2D eigenvalue weighted by Gasteiger charge is 2.12. The summed E-state index contributed by atoms with van der Waals surface area (Å²) in [6.07, 6.45) is 1.60. The number of hydrogen-bond acceptors (Lipinski definition) is 4. The quantitative estimate of drug-likeness (QED) is 0.855. The van der Waals surface area contributed by atoms with Gasteiger partial charge in [-0.2, -0.15) is 0 Å². The minimum Gasteiger partial charge on any atom is -0.492 e. The van der Waals surface area contributed by atoms with Gasteiger partial charge in [0.15, 0.2) is 0 Å². The van der Waals surface area contributed by atoms with Gasteiger partial charge in [-0.05, 0) is 36.4 Å². The molecule has 1 heterocycles. The fourth-order valence-corrected chi connectivity index (χ4v) is 2.14. The molecule has 1 amide bonds. The number of pyridine rings is 1. The van der Waals surface area contributed by atoms with Crippen molar-refractivity contribution in [3.8, 4) is 5.75 Å². The van der Waals surface area contributed by atoms with Crippen molar-refractivity contribution in [3.63, 3.8) is 0 Å². The smallest absolute Gasteiger partial charge is 0.253 e. The van der Waals surface area contributed by atoms with Gasteiger partial charge in [0.05, 0.1) is 12.2 Å². The van der Waals surface area contributed by atoms with Crippen LogP contribution in [0.1, 0.15) is 16.1 Å². The number of carbonyl (C=O) groups excluding carboxylic acids is 1. The first-order valence-corrected chi connectivity index (χ1v) is 7.68. The monoisotopic (exact) mass is 363 g/mol. The van der Waals surface area contributed by atoms with Crippen LogP contribution in [0.25, 0.3) is 0 Å². The van der Waals surface area contributed by atoms with E-state index >= 15 is 0 Å². The van der Waals surface area contributed by atoms with Gasteiger partial charge >= 0.3 is 0 Å². The fourth-order valence-electron chi connectivity index (χ4n) is 1.88. The van der Waals surface area contributed by atoms with E-state index in [2.05, 4.69) is 20.9 Å². The summed E-state index contributed by atoms with van der Waals surface area (Å²) in [5.41, 5.74) is 6.82. The van der Waals surface area contributed by atoms with Gasteiger partial charge < -0.3 is 15.4 Å². The normalized spacial score (nSPS) is 10.3. The van der Waals surface area contributed by atoms with Crippen LogP contribution in [0.2, 0.25) is 0 Å². The van der Waals surface area contributed by atoms with Crippen molar-refractivity contribution in [2.75, 3.05) is 20.2 Å². The molecule has 0 spiro atoms. The third-order valence-corrected chi connectivity index (χ3v) is 3.66. The van der Waals surface area contributed by atoms with Crippen LogP contribution in [0.5, 0.6) is 5.75 Å². The Morgan fingerprint density at radius 3 is 2.73 bits per heavy atom. The van der Waals surface area contributed by atoms with Gasteiger partial charge in [-0.1, -0.05) is 15.9 Å². The molecule has 5 nitrogen and oxygen atoms in total. The molecule has 22 heavy (non-hydrogen) atoms. The molecule has 1 aromatic heterocycles. The summed E-state index contributed by atoms with van der Waals surface area (Å²) in [5, 5.41) is 0. The summed E-state index contributed by atoms with van der Waals surface area (Å²) in [4.78, 5) is 18.0. The molecule has 0 aliphatic carbocycles. The van der Waals surface area contributed by atoms with E-state index in [1.165, 1.54) is 0 Å². The number of hydrogen-bond donors (Lipinski definition) is 1. The van der Waals surface area contributed by atoms with Gasteiger partial charge in [-0.15, -0.1) is 0 Å². The maximum absolute atomic E-state index is 12.3. The predicted molar refractivity (Wildman–Crippen MR) is 88.7 cm³/mol. The lowest BCUT2D eigenvalue weighted by Crippen LogP contribution is -2.31. The summed E-state index contributed by atoms with van der Waals surface area (Å²) in [6.45, 7) is 1.24. The molecule has 0 aliphatic rings. The van der Waals surface area contributed by atoms with Crippen molar-refractivity contribution >= 4 is 21.8 Å². The highest BCUT2D eigenvalue weighted by Crippen LogP contribution is 2.16. The maximum atomic E-state index is 12.3. The zero-order valence-electron chi connectivity index (χ0n) is 12.3. The molecule has 2 aromatic rings. The summed E-state index contributed by atoms with van der Waals surface area (Å²) < 4.78 is 6.62. The highest BCUT2D eigenvalue weighted by molar-refractivity contribution is 9.10. The van der Waals surface area contributed by atoms with Crippen LogP contribution < -0.4 is 10.5 Å². The third kappa shape index (κ3) is 4.54. The van der Waals surface area contributed by atoms with Crippen LogP contribution in [0.3, 0.4) is 0 Å². The number of nitrogens with two attached hydrogens (primary N) is 1. The van der Waals surface area contributed by atoms with Crippen LogP contribution >= 0.6 is 15.9 Å². The van der Waals surface area contributed by atoms with E-state index in [1.54, 1.807) is 30.3 Å². The first-order chi connectivity index (χ1) is 10.6. The van der Waals surface area contributed by atoms with Crippen molar-refractivity contribution in [2.45, 2.75) is 6.54 Å². The Kier molecular flexibility index (Phi) is 5.91. The second-order valence-electron chi connectivity index (χ2n) is 4.77. The molecular formula is C16H18BrN3O2. The number of ether oxygens (including phenoxy) is 1. The number of amides is 1. The Labute approximate surface area is 138 Å². The molecule has 0 atom stereocenters. The molecule has 0 radical (unpaired) electrons. The second kappa shape index (κ2) is 7.91. The Hall–Kier alpha value is -1.92. The Bertz CT molecular complexity index is 632. The molecule has 1 aromatic carbocycles. The Morgan fingerprint density at radius 1 is 1.32 bits per heavy atom. The van der Waals surface area contributed by atoms with Gasteiger partial charge in [0, 0.05) is 29.8 Å². The number of benzene rings is 1. The minimum atomic E-state index is -0.0727. The maximum Gasteiger partial charge on any atom is 0.253 e. The number of nitrogens with zero attached hydrogens (tertiary/aromatic N) is 2. The van der Waals surface area contributed by atoms with Crippen molar-refractivity contribution in [1.82, 2.24) is 9.88 Å². The molecule has 0 saturated heterocycles. The molecule has 0 unspecified atom stereocenters. The second-order valence-corrected chi connectivity index (χ2v) is 5.68. The number of halogens is 1. The molecule has 6 heteroatoms. The molecular weight excluding hydrogens is 346 g/mol. The van der Waals surface area contributed by atoms with Crippen molar-refractivity contribution in [2.24, 2.45) is 5.73 Å². The first-order valence-electron chi connectivity index (χ1n) is 6.89. The molecule has 2 N–H and O–H groups in total. The fraction of sp³-hybridized carbons (Fsp3) is 0.250. The highest BCUT2D eigenvalue weighted by atomic mass is 79.9. The average molecular weight is 364 g/mol. The summed E-state index contributed by atoms with van der Waals surface area (Å²) in [7, 11) is 1.75. The Morgan fingerprint density at radius 2 is 2.05 bits per heavy atom. The molecule has 0 saturated carbocycles. The summed E-state index contributed by atoms with van der Waals surface area (Å²) in [5.74, 6) is 0.704. The topological polar surface area (TPSA) is 68.5 Å². The number of aromatic nitrogens is 1. The lowest BCUT2D eigenvalue weighted by atomic mass is 10.2. The minimum absolute atomic E-state index is 0.0727. The Balaban J connectivity index is 1.87. The summed E-state index contributed by atoms with van der Waals surface area (Å²) >= 11 is 3.37. The van der Waals surface area contributed by atoms with Gasteiger partial charge in [0.1, 0.15) is 12.4 Å². The number of carbonyl (C=O) groups is 1. The van der Waals surface area contributed by atoms with Gasteiger partial charge in [0.2, 0.25) is 0 Å². The zero-order chi connectivity index (χ0) is 15.9. The van der Waals surface area contributed by atoms with Crippen LogP contribution in [0.15, 0.2) is 47.1 Å². The number of rotatable bonds is 6. The van der Waals surface area contributed by atoms with E-state index in [0.717, 1.165) is 10.2 Å². The van der Waals surface area contributed by atoms with E-state index in [-0.39, 0.29) is 5.91 Å². The largest absolute Gasteiger partial charge is 0.492 e. The molecule has 0 aliphatic heterocycles. The molecule has 2 rings (SSSR count). The first kappa shape index (κ1) is 16.5. The average Bonchev–Trinajstić information content (AvgIpc) is 2.56. The molecule has 0 bridgehead atoms. The van der Waals surface area contributed by atoms with Crippen LogP contribution in [0, 0.1) is 0 Å². The predicted octanol–water partition coefficient (Wildman–Crippen LogP) is 2.45. The van der Waals surface area contributed by atoms with Gasteiger partial charge in [-0.25, -0.2) is 0 Å². The van der Waals surface area contributed by atoms with Crippen molar-refractivity contribution in [1.29, 1.82) is 0 Å². The SMILES string of the molecule is CN(CCOc1ccc(Br)cc1)C(=O)c1ccnc(CN)c1. The van der Waals surface area contributed by atoms with E-state index in [4.69, 9.17) is 10.5 Å². The lowest BCUT2D eigenvalue weighted by Gasteiger charge is -2.17. The van der Waals surface area contributed by atoms with E-state index in [1.807, 2.05) is 24.3 Å². The van der Waals surface area contributed by atoms with Crippen molar-refractivity contribution in [3.05, 3.63) is 58.3 Å². The van der Waals surface area contributed by atoms with Crippen molar-refractivity contribution < 1.29 is 9.53 Å². The standard InChI is InChI=1S/C16H18BrN3O2/c1-20(8-9-22-15-4-2-13(17)3-5-15)16(21)12-6-7-19-14(10-12)11-18/h2-7,10H,8-9,11,18H2,1H3. The third-order valence-electron chi connectivity index (χ3n) is 3.13.